The van der Waals surface area contributed by atoms with E-state index in [1.165, 1.54) is 23.3 Å². The summed E-state index contributed by atoms with van der Waals surface area (Å²) in [5.74, 6) is -0.379. The molecule has 0 saturated heterocycles. The van der Waals surface area contributed by atoms with Crippen LogP contribution < -0.4 is 10.6 Å². The summed E-state index contributed by atoms with van der Waals surface area (Å²) in [6, 6.07) is 11.9. The highest BCUT2D eigenvalue weighted by molar-refractivity contribution is 5.94. The first-order chi connectivity index (χ1) is 9.72. The third-order valence-corrected chi connectivity index (χ3v) is 3.47. The minimum Gasteiger partial charge on any atom is -0.348 e. The van der Waals surface area contributed by atoms with Gasteiger partial charge in [0.15, 0.2) is 0 Å². The highest BCUT2D eigenvalue weighted by Gasteiger charge is 2.13. The van der Waals surface area contributed by atoms with E-state index in [9.17, 15) is 9.18 Å². The summed E-state index contributed by atoms with van der Waals surface area (Å²) in [6.45, 7) is 2.08. The molecule has 2 N–H and O–H groups in total. The van der Waals surface area contributed by atoms with E-state index < -0.39 is 0 Å². The molecule has 20 heavy (non-hydrogen) atoms. The fourth-order valence-corrected chi connectivity index (χ4v) is 2.32. The predicted molar refractivity (Wildman–Crippen MR) is 74.6 cm³/mol. The zero-order valence-corrected chi connectivity index (χ0v) is 10.9. The molecule has 3 rings (SSSR count). The van der Waals surface area contributed by atoms with Crippen LogP contribution in [0.4, 0.5) is 4.39 Å². The lowest BCUT2D eigenvalue weighted by Gasteiger charge is -2.07. The normalized spacial score (nSPS) is 13.1. The molecule has 2 aromatic carbocycles. The number of halogens is 1. The van der Waals surface area contributed by atoms with Gasteiger partial charge < -0.3 is 10.6 Å². The first-order valence-electron chi connectivity index (χ1n) is 6.57. The van der Waals surface area contributed by atoms with Gasteiger partial charge in [0.1, 0.15) is 5.82 Å². The van der Waals surface area contributed by atoms with Crippen molar-refractivity contribution in [1.29, 1.82) is 0 Å². The van der Waals surface area contributed by atoms with Crippen LogP contribution in [-0.4, -0.2) is 5.91 Å². The average molecular weight is 270 g/mol. The fourth-order valence-electron chi connectivity index (χ4n) is 2.32. The Morgan fingerprint density at radius 1 is 1.10 bits per heavy atom. The van der Waals surface area contributed by atoms with Gasteiger partial charge in [0.25, 0.3) is 5.91 Å². The Hall–Kier alpha value is -2.20. The van der Waals surface area contributed by atoms with E-state index in [0.717, 1.165) is 18.7 Å². The molecule has 0 radical (unpaired) electrons. The minimum atomic E-state index is -0.272. The molecular weight excluding hydrogens is 255 g/mol. The van der Waals surface area contributed by atoms with Gasteiger partial charge in [-0.15, -0.1) is 0 Å². The van der Waals surface area contributed by atoms with Gasteiger partial charge in [-0.1, -0.05) is 18.2 Å². The number of carbonyl (C=O) groups excluding carboxylic acids is 1. The lowest BCUT2D eigenvalue weighted by molar-refractivity contribution is 0.0951. The Labute approximate surface area is 116 Å². The van der Waals surface area contributed by atoms with Gasteiger partial charge in [-0.3, -0.25) is 4.79 Å². The van der Waals surface area contributed by atoms with Crippen LogP contribution in [0.2, 0.25) is 0 Å². The summed E-state index contributed by atoms with van der Waals surface area (Å²) in [5, 5.41) is 6.09. The number of rotatable bonds is 3. The molecule has 2 aromatic rings. The number of hydrogen-bond donors (Lipinski definition) is 2. The molecule has 1 aliphatic heterocycles. The fraction of sp³-hybridized carbons (Fsp3) is 0.188. The van der Waals surface area contributed by atoms with Crippen molar-refractivity contribution in [3.05, 3.63) is 70.5 Å². The number of carbonyl (C=O) groups is 1. The van der Waals surface area contributed by atoms with E-state index in [2.05, 4.69) is 10.6 Å². The molecule has 0 aromatic heterocycles. The van der Waals surface area contributed by atoms with E-state index in [-0.39, 0.29) is 11.7 Å². The molecule has 4 heteroatoms. The third kappa shape index (κ3) is 2.70. The minimum absolute atomic E-state index is 0.107. The lowest BCUT2D eigenvalue weighted by atomic mass is 10.1. The van der Waals surface area contributed by atoms with Crippen LogP contribution in [0.3, 0.4) is 0 Å². The van der Waals surface area contributed by atoms with Gasteiger partial charge in [0.2, 0.25) is 0 Å². The SMILES string of the molecule is O=C(NCc1ccc(F)cc1)c1ccc2c(c1)CNC2. The molecule has 3 nitrogen and oxygen atoms in total. The Balaban J connectivity index is 1.66. The van der Waals surface area contributed by atoms with Crippen LogP contribution in [0.25, 0.3) is 0 Å². The van der Waals surface area contributed by atoms with Crippen LogP contribution in [0, 0.1) is 5.82 Å². The van der Waals surface area contributed by atoms with Gasteiger partial charge in [0, 0.05) is 25.2 Å². The van der Waals surface area contributed by atoms with Crippen molar-refractivity contribution in [2.24, 2.45) is 0 Å². The van der Waals surface area contributed by atoms with Crippen molar-refractivity contribution >= 4 is 5.91 Å². The standard InChI is InChI=1S/C16H15FN2O/c17-15-5-1-11(2-6-15)8-19-16(20)12-3-4-13-9-18-10-14(13)7-12/h1-7,18H,8-10H2,(H,19,20). The molecule has 0 saturated carbocycles. The second kappa shape index (κ2) is 5.43. The molecule has 0 spiro atoms. The monoisotopic (exact) mass is 270 g/mol. The van der Waals surface area contributed by atoms with E-state index >= 15 is 0 Å². The van der Waals surface area contributed by atoms with Crippen LogP contribution in [-0.2, 0) is 19.6 Å². The van der Waals surface area contributed by atoms with Gasteiger partial charge in [-0.2, -0.15) is 0 Å². The molecule has 0 atom stereocenters. The van der Waals surface area contributed by atoms with Crippen molar-refractivity contribution < 1.29 is 9.18 Å². The maximum absolute atomic E-state index is 12.8. The van der Waals surface area contributed by atoms with Gasteiger partial charge in [-0.25, -0.2) is 4.39 Å². The number of nitrogens with one attached hydrogen (secondary N) is 2. The molecule has 0 fully saturated rings. The van der Waals surface area contributed by atoms with Crippen LogP contribution >= 0.6 is 0 Å². The Morgan fingerprint density at radius 2 is 1.85 bits per heavy atom. The van der Waals surface area contributed by atoms with E-state index in [4.69, 9.17) is 0 Å². The average Bonchev–Trinajstić information content (AvgIpc) is 2.93. The summed E-state index contributed by atoms with van der Waals surface area (Å²) in [4.78, 5) is 12.1. The van der Waals surface area contributed by atoms with E-state index in [0.29, 0.717) is 12.1 Å². The smallest absolute Gasteiger partial charge is 0.251 e. The first-order valence-corrected chi connectivity index (χ1v) is 6.57. The maximum Gasteiger partial charge on any atom is 0.251 e. The summed E-state index contributed by atoms with van der Waals surface area (Å²) in [7, 11) is 0. The second-order valence-electron chi connectivity index (χ2n) is 4.90. The zero-order valence-electron chi connectivity index (χ0n) is 10.9. The zero-order chi connectivity index (χ0) is 13.9. The summed E-state index contributed by atoms with van der Waals surface area (Å²) < 4.78 is 12.8. The van der Waals surface area contributed by atoms with Gasteiger partial charge in [-0.05, 0) is 41.0 Å². The summed E-state index contributed by atoms with van der Waals surface area (Å²) in [6.07, 6.45) is 0. The molecule has 1 amide bonds. The van der Waals surface area contributed by atoms with E-state index in [1.807, 2.05) is 18.2 Å². The number of hydrogen-bond acceptors (Lipinski definition) is 2. The lowest BCUT2D eigenvalue weighted by Crippen LogP contribution is -2.22. The van der Waals surface area contributed by atoms with Crippen molar-refractivity contribution in [3.63, 3.8) is 0 Å². The van der Waals surface area contributed by atoms with Gasteiger partial charge >= 0.3 is 0 Å². The summed E-state index contributed by atoms with van der Waals surface area (Å²) >= 11 is 0. The first kappa shape index (κ1) is 12.8. The number of fused-ring (bicyclic) bond motifs is 1. The Bertz CT molecular complexity index is 637. The second-order valence-corrected chi connectivity index (χ2v) is 4.90. The Kier molecular flexibility index (Phi) is 3.48. The Morgan fingerprint density at radius 3 is 2.65 bits per heavy atom. The highest BCUT2D eigenvalue weighted by Crippen LogP contribution is 2.17. The quantitative estimate of drug-likeness (QED) is 0.899. The molecule has 0 aliphatic carbocycles. The molecule has 1 aliphatic rings. The van der Waals surface area contributed by atoms with Gasteiger partial charge in [0.05, 0.1) is 0 Å². The third-order valence-electron chi connectivity index (χ3n) is 3.47. The van der Waals surface area contributed by atoms with Crippen molar-refractivity contribution in [3.8, 4) is 0 Å². The van der Waals surface area contributed by atoms with Crippen LogP contribution in [0.15, 0.2) is 42.5 Å². The van der Waals surface area contributed by atoms with Crippen LogP contribution in [0.5, 0.6) is 0 Å². The van der Waals surface area contributed by atoms with E-state index in [1.54, 1.807) is 12.1 Å². The van der Waals surface area contributed by atoms with Crippen molar-refractivity contribution in [1.82, 2.24) is 10.6 Å². The number of benzene rings is 2. The van der Waals surface area contributed by atoms with Crippen LogP contribution in [0.1, 0.15) is 27.0 Å². The van der Waals surface area contributed by atoms with Crippen molar-refractivity contribution in [2.45, 2.75) is 19.6 Å². The molecular formula is C16H15FN2O. The topological polar surface area (TPSA) is 41.1 Å². The molecule has 0 bridgehead atoms. The largest absolute Gasteiger partial charge is 0.348 e. The highest BCUT2D eigenvalue weighted by atomic mass is 19.1. The predicted octanol–water partition coefficient (Wildman–Crippen LogP) is 2.36. The van der Waals surface area contributed by atoms with Crippen molar-refractivity contribution in [2.75, 3.05) is 0 Å². The molecule has 102 valence electrons. The summed E-state index contributed by atoms with van der Waals surface area (Å²) in [5.41, 5.74) is 3.97. The molecule has 1 heterocycles. The molecule has 0 unspecified atom stereocenters. The number of amides is 1. The maximum atomic E-state index is 12.8.